The van der Waals surface area contributed by atoms with Crippen LogP contribution in [0, 0.1) is 13.8 Å². The van der Waals surface area contributed by atoms with Crippen LogP contribution in [0.25, 0.3) is 22.3 Å². The van der Waals surface area contributed by atoms with E-state index in [1.54, 1.807) is 6.07 Å². The van der Waals surface area contributed by atoms with Gasteiger partial charge in [-0.3, -0.25) is 9.59 Å². The summed E-state index contributed by atoms with van der Waals surface area (Å²) in [5.41, 5.74) is 8.46. The van der Waals surface area contributed by atoms with Gasteiger partial charge < -0.3 is 35.1 Å². The molecule has 4 rings (SSSR count). The molecule has 0 fully saturated rings. The fourth-order valence-corrected chi connectivity index (χ4v) is 5.69. The first-order valence-electron chi connectivity index (χ1n) is 16.3. The van der Waals surface area contributed by atoms with Gasteiger partial charge in [0.25, 0.3) is 0 Å². The molecule has 0 bridgehead atoms. The maximum atomic E-state index is 10.7. The van der Waals surface area contributed by atoms with Crippen LogP contribution in [0.5, 0.6) is 17.5 Å². The summed E-state index contributed by atoms with van der Waals surface area (Å²) in [6.07, 6.45) is 1.38. The van der Waals surface area contributed by atoms with Crippen LogP contribution in [0.3, 0.4) is 0 Å². The third-order valence-corrected chi connectivity index (χ3v) is 8.40. The molecular weight excluding hydrogens is 646 g/mol. The molecule has 0 saturated heterocycles. The summed E-state index contributed by atoms with van der Waals surface area (Å²) in [4.78, 5) is 25.9. The minimum Gasteiger partial charge on any atom is -0.492 e. The molecule has 4 aromatic rings. The molecule has 49 heavy (non-hydrogen) atoms. The lowest BCUT2D eigenvalue weighted by molar-refractivity contribution is -0.138. The molecule has 11 heteroatoms. The second-order valence-corrected chi connectivity index (χ2v) is 12.0. The fraction of sp³-hybridized carbons (Fsp3) is 0.342. The molecule has 0 aliphatic carbocycles. The number of halogens is 1. The van der Waals surface area contributed by atoms with Gasteiger partial charge in [-0.15, -0.1) is 0 Å². The van der Waals surface area contributed by atoms with E-state index in [9.17, 15) is 9.59 Å². The zero-order valence-corrected chi connectivity index (χ0v) is 28.9. The number of nitrogens with one attached hydrogen (secondary N) is 2. The van der Waals surface area contributed by atoms with Gasteiger partial charge in [0, 0.05) is 31.5 Å². The van der Waals surface area contributed by atoms with Crippen molar-refractivity contribution >= 4 is 23.5 Å². The predicted molar refractivity (Wildman–Crippen MR) is 191 cm³/mol. The number of rotatable bonds is 20. The summed E-state index contributed by atoms with van der Waals surface area (Å²) < 4.78 is 17.5. The summed E-state index contributed by atoms with van der Waals surface area (Å²) in [7, 11) is 1.54. The first-order valence-corrected chi connectivity index (χ1v) is 16.7. The number of benzene rings is 3. The van der Waals surface area contributed by atoms with Crippen LogP contribution >= 0.6 is 11.6 Å². The smallest absolute Gasteiger partial charge is 0.303 e. The molecule has 0 aliphatic rings. The Bertz CT molecular complexity index is 1710. The maximum absolute atomic E-state index is 10.7. The summed E-state index contributed by atoms with van der Waals surface area (Å²) in [6.45, 7) is 7.25. The van der Waals surface area contributed by atoms with Crippen LogP contribution < -0.4 is 24.8 Å². The maximum Gasteiger partial charge on any atom is 0.303 e. The number of aliphatic carboxylic acids is 2. The van der Waals surface area contributed by atoms with E-state index in [-0.39, 0.29) is 25.3 Å². The van der Waals surface area contributed by atoms with E-state index >= 15 is 0 Å². The molecule has 0 unspecified atom stereocenters. The predicted octanol–water partition coefficient (Wildman–Crippen LogP) is 7.06. The molecule has 0 amide bonds. The van der Waals surface area contributed by atoms with E-state index in [1.165, 1.54) is 7.11 Å². The number of nitrogens with zero attached hydrogens (tertiary/aromatic N) is 1. The van der Waals surface area contributed by atoms with E-state index in [0.29, 0.717) is 56.5 Å². The van der Waals surface area contributed by atoms with Crippen molar-refractivity contribution in [1.29, 1.82) is 0 Å². The highest BCUT2D eigenvalue weighted by Crippen LogP contribution is 2.36. The normalized spacial score (nSPS) is 10.9. The number of methoxy groups -OCH3 is 1. The quantitative estimate of drug-likeness (QED) is 0.0713. The molecule has 1 aromatic heterocycles. The zero-order chi connectivity index (χ0) is 35.2. The zero-order valence-electron chi connectivity index (χ0n) is 28.2. The van der Waals surface area contributed by atoms with Crippen molar-refractivity contribution in [2.24, 2.45) is 0 Å². The molecule has 0 spiro atoms. The first-order chi connectivity index (χ1) is 23.7. The van der Waals surface area contributed by atoms with E-state index in [4.69, 9.17) is 36.0 Å². The highest BCUT2D eigenvalue weighted by atomic mass is 35.5. The van der Waals surface area contributed by atoms with Crippen molar-refractivity contribution in [3.8, 4) is 39.8 Å². The Morgan fingerprint density at radius 3 is 2.06 bits per heavy atom. The average molecular weight is 690 g/mol. The van der Waals surface area contributed by atoms with Crippen molar-refractivity contribution in [1.82, 2.24) is 15.6 Å². The summed E-state index contributed by atoms with van der Waals surface area (Å²) >= 11 is 6.56. The van der Waals surface area contributed by atoms with Gasteiger partial charge in [0.1, 0.15) is 24.0 Å². The monoisotopic (exact) mass is 689 g/mol. The standard InChI is InChI=1S/C38H44ClN3O7/c1-25-28(24-49-38-34(39)22-29(37(42-38)47-3)23-41-19-7-13-36(45)46)8-4-10-32(25)33-11-5-9-31(26(33)2)27-14-16-30(17-15-27)48-21-20-40-18-6-12-35(43)44/h4-5,8-11,14-17,22,40-41H,6-7,12-13,18-21,23-24H2,1-3H3,(H,43,44)(H,45,46). The molecule has 260 valence electrons. The van der Waals surface area contributed by atoms with Crippen LogP contribution in [0.4, 0.5) is 0 Å². The first kappa shape index (κ1) is 37.2. The summed E-state index contributed by atoms with van der Waals surface area (Å²) in [6, 6.07) is 22.3. The third-order valence-electron chi connectivity index (χ3n) is 8.13. The molecule has 1 heterocycles. The third kappa shape index (κ3) is 10.9. The SMILES string of the molecule is COc1nc(OCc2cccc(-c3cccc(-c4ccc(OCCNCCCC(=O)O)cc4)c3C)c2C)c(Cl)cc1CNCCCC(=O)O. The number of carboxylic acids is 2. The number of hydrogen-bond donors (Lipinski definition) is 4. The lowest BCUT2D eigenvalue weighted by Crippen LogP contribution is -2.22. The van der Waals surface area contributed by atoms with Crippen molar-refractivity contribution < 1.29 is 34.0 Å². The largest absolute Gasteiger partial charge is 0.492 e. The minimum atomic E-state index is -0.821. The summed E-state index contributed by atoms with van der Waals surface area (Å²) in [5.74, 6) is -0.158. The van der Waals surface area contributed by atoms with Crippen LogP contribution in [0.1, 0.15) is 47.9 Å². The highest BCUT2D eigenvalue weighted by molar-refractivity contribution is 6.31. The van der Waals surface area contributed by atoms with Crippen LogP contribution in [0.2, 0.25) is 5.02 Å². The number of carboxylic acid groups (broad SMARTS) is 2. The Kier molecular flexibility index (Phi) is 14.3. The Balaban J connectivity index is 1.40. The van der Waals surface area contributed by atoms with Crippen molar-refractivity contribution in [3.05, 3.63) is 94.0 Å². The van der Waals surface area contributed by atoms with E-state index in [1.807, 2.05) is 24.3 Å². The van der Waals surface area contributed by atoms with E-state index < -0.39 is 11.9 Å². The van der Waals surface area contributed by atoms with Crippen molar-refractivity contribution in [2.75, 3.05) is 33.4 Å². The molecule has 0 saturated carbocycles. The Morgan fingerprint density at radius 2 is 1.39 bits per heavy atom. The Morgan fingerprint density at radius 1 is 0.755 bits per heavy atom. The molecule has 0 atom stereocenters. The Hall–Kier alpha value is -4.64. The number of ether oxygens (including phenoxy) is 3. The van der Waals surface area contributed by atoms with Gasteiger partial charge in [-0.25, -0.2) is 0 Å². The molecule has 0 radical (unpaired) electrons. The van der Waals surface area contributed by atoms with Gasteiger partial charge in [-0.1, -0.05) is 60.1 Å². The molecule has 4 N–H and O–H groups in total. The second-order valence-electron chi connectivity index (χ2n) is 11.6. The molecule has 3 aromatic carbocycles. The average Bonchev–Trinajstić information content (AvgIpc) is 3.08. The summed E-state index contributed by atoms with van der Waals surface area (Å²) in [5, 5.41) is 24.3. The topological polar surface area (TPSA) is 139 Å². The van der Waals surface area contributed by atoms with Gasteiger partial charge in [-0.05, 0) is 96.9 Å². The van der Waals surface area contributed by atoms with Crippen LogP contribution in [-0.2, 0) is 22.7 Å². The van der Waals surface area contributed by atoms with Crippen LogP contribution in [-0.4, -0.2) is 60.5 Å². The van der Waals surface area contributed by atoms with Gasteiger partial charge in [0.2, 0.25) is 11.8 Å². The van der Waals surface area contributed by atoms with Gasteiger partial charge in [-0.2, -0.15) is 4.98 Å². The number of hydrogen-bond acceptors (Lipinski definition) is 8. The van der Waals surface area contributed by atoms with E-state index in [2.05, 4.69) is 65.9 Å². The van der Waals surface area contributed by atoms with Gasteiger partial charge in [0.05, 0.1) is 7.11 Å². The van der Waals surface area contributed by atoms with Crippen molar-refractivity contribution in [3.63, 3.8) is 0 Å². The minimum absolute atomic E-state index is 0.103. The number of carbonyl (C=O) groups is 2. The molecule has 0 aliphatic heterocycles. The van der Waals surface area contributed by atoms with E-state index in [0.717, 1.165) is 50.3 Å². The fourth-order valence-electron chi connectivity index (χ4n) is 5.47. The number of pyridine rings is 1. The second kappa shape index (κ2) is 18.8. The lowest BCUT2D eigenvalue weighted by Gasteiger charge is -2.17. The van der Waals surface area contributed by atoms with Gasteiger partial charge in [0.15, 0.2) is 0 Å². The number of aromatic nitrogens is 1. The molecular formula is C38H44ClN3O7. The molecule has 10 nitrogen and oxygen atoms in total. The van der Waals surface area contributed by atoms with Crippen LogP contribution in [0.15, 0.2) is 66.7 Å². The lowest BCUT2D eigenvalue weighted by atomic mass is 9.89. The highest BCUT2D eigenvalue weighted by Gasteiger charge is 2.16. The van der Waals surface area contributed by atoms with Gasteiger partial charge >= 0.3 is 11.9 Å². The Labute approximate surface area is 292 Å². The van der Waals surface area contributed by atoms with Crippen molar-refractivity contribution in [2.45, 2.75) is 52.7 Å².